The Morgan fingerprint density at radius 2 is 1.90 bits per heavy atom. The largest absolute Gasteiger partial charge is 0.481 e. The van der Waals surface area contributed by atoms with Gasteiger partial charge < -0.3 is 20.3 Å². The lowest BCUT2D eigenvalue weighted by Gasteiger charge is -2.17. The molecule has 0 bridgehead atoms. The van der Waals surface area contributed by atoms with Crippen LogP contribution in [-0.2, 0) is 17.9 Å². The predicted octanol–water partition coefficient (Wildman–Crippen LogP) is 5.21. The van der Waals surface area contributed by atoms with Crippen LogP contribution < -0.4 is 15.2 Å². The molecule has 1 aliphatic heterocycles. The van der Waals surface area contributed by atoms with Crippen LogP contribution in [0.3, 0.4) is 0 Å². The Morgan fingerprint density at radius 1 is 1.19 bits per heavy atom. The molecule has 10 nitrogen and oxygen atoms in total. The van der Waals surface area contributed by atoms with Gasteiger partial charge in [-0.25, -0.2) is 9.97 Å². The third-order valence-electron chi connectivity index (χ3n) is 7.00. The average molecular weight is 612 g/mol. The van der Waals surface area contributed by atoms with E-state index in [1.54, 1.807) is 18.5 Å². The van der Waals surface area contributed by atoms with Gasteiger partial charge in [-0.2, -0.15) is 0 Å². The van der Waals surface area contributed by atoms with E-state index >= 15 is 0 Å². The van der Waals surface area contributed by atoms with Crippen molar-refractivity contribution < 1.29 is 19.4 Å². The number of allylic oxidation sites excluding steroid dienone is 5. The van der Waals surface area contributed by atoms with E-state index < -0.39 is 5.97 Å². The van der Waals surface area contributed by atoms with E-state index in [1.807, 2.05) is 36.1 Å². The van der Waals surface area contributed by atoms with Crippen molar-refractivity contribution in [2.45, 2.75) is 26.4 Å². The molecular weight excluding hydrogens is 579 g/mol. The van der Waals surface area contributed by atoms with Gasteiger partial charge in [0, 0.05) is 36.3 Å². The van der Waals surface area contributed by atoms with E-state index in [2.05, 4.69) is 26.5 Å². The second-order valence-electron chi connectivity index (χ2n) is 9.49. The van der Waals surface area contributed by atoms with Crippen LogP contribution in [0.2, 0.25) is 5.02 Å². The van der Waals surface area contributed by atoms with Gasteiger partial charge in [0.1, 0.15) is 11.4 Å². The summed E-state index contributed by atoms with van der Waals surface area (Å²) in [5.74, 6) is -0.521. The molecule has 4 rings (SSSR count). The molecule has 3 aromatic rings. The standard InChI is InChI=1S/C30H32Cl2N6O4/c1-5-18(20-8-7-9-21(27(20)32)24-14-34-22(12-33)28(37-24)41-3)26(31)19(6-2)23-13-35-25(29(36-23)42-4)16-38-11-10-17(15-38)30(39)40/h5-9,13-14,17H,2,10-12,15-16,33H2,1,3-4H3,(H,39,40)/b18-5-,26-19-/t17-/m0/s1. The van der Waals surface area contributed by atoms with Crippen molar-refractivity contribution in [1.82, 2.24) is 24.8 Å². The van der Waals surface area contributed by atoms with Gasteiger partial charge >= 0.3 is 5.97 Å². The van der Waals surface area contributed by atoms with Crippen molar-refractivity contribution in [1.29, 1.82) is 0 Å². The van der Waals surface area contributed by atoms with Gasteiger partial charge in [-0.15, -0.1) is 0 Å². The number of aliphatic carboxylic acids is 1. The van der Waals surface area contributed by atoms with Crippen LogP contribution in [0.5, 0.6) is 11.8 Å². The molecule has 1 saturated heterocycles. The van der Waals surface area contributed by atoms with Crippen LogP contribution in [0.1, 0.15) is 36.0 Å². The van der Waals surface area contributed by atoms with Gasteiger partial charge in [-0.1, -0.05) is 60.1 Å². The van der Waals surface area contributed by atoms with E-state index in [1.165, 1.54) is 14.2 Å². The number of rotatable bonds is 11. The molecule has 0 saturated carbocycles. The van der Waals surface area contributed by atoms with Crippen molar-refractivity contribution in [3.8, 4) is 23.0 Å². The number of likely N-dealkylation sites (tertiary alicyclic amines) is 1. The number of aromatic nitrogens is 4. The number of halogens is 2. The van der Waals surface area contributed by atoms with Gasteiger partial charge in [0.25, 0.3) is 0 Å². The minimum Gasteiger partial charge on any atom is -0.481 e. The van der Waals surface area contributed by atoms with E-state index in [-0.39, 0.29) is 12.5 Å². The lowest BCUT2D eigenvalue weighted by Crippen LogP contribution is -2.23. The molecule has 0 spiro atoms. The highest BCUT2D eigenvalue weighted by molar-refractivity contribution is 6.42. The fourth-order valence-electron chi connectivity index (χ4n) is 4.81. The summed E-state index contributed by atoms with van der Waals surface area (Å²) >= 11 is 13.9. The van der Waals surface area contributed by atoms with Crippen LogP contribution in [0.4, 0.5) is 0 Å². The van der Waals surface area contributed by atoms with Crippen molar-refractivity contribution in [3.05, 3.63) is 82.0 Å². The highest BCUT2D eigenvalue weighted by atomic mass is 35.5. The molecule has 42 heavy (non-hydrogen) atoms. The SMILES string of the molecule is C=C/C(=C(Cl)\C(=C/C)c1cccc(-c2cnc(CN)c(OC)n2)c1Cl)c1cnc(CN2CC[C@H](C(=O)O)C2)c(OC)n1. The number of ether oxygens (including phenoxy) is 2. The normalized spacial score (nSPS) is 16.2. The molecule has 0 radical (unpaired) electrons. The Bertz CT molecular complexity index is 1560. The number of carboxylic acids is 1. The highest BCUT2D eigenvalue weighted by Gasteiger charge is 2.29. The predicted molar refractivity (Wildman–Crippen MR) is 163 cm³/mol. The van der Waals surface area contributed by atoms with Gasteiger partial charge in [0.2, 0.25) is 11.8 Å². The van der Waals surface area contributed by atoms with Gasteiger partial charge in [-0.3, -0.25) is 19.7 Å². The molecule has 1 atom stereocenters. The van der Waals surface area contributed by atoms with Gasteiger partial charge in [-0.05, 0) is 25.5 Å². The summed E-state index contributed by atoms with van der Waals surface area (Å²) in [7, 11) is 3.02. The summed E-state index contributed by atoms with van der Waals surface area (Å²) < 4.78 is 10.9. The fourth-order valence-corrected chi connectivity index (χ4v) is 5.52. The van der Waals surface area contributed by atoms with Crippen LogP contribution in [0.15, 0.2) is 54.4 Å². The Morgan fingerprint density at radius 3 is 2.52 bits per heavy atom. The maximum atomic E-state index is 11.3. The first kappa shape index (κ1) is 31.1. The summed E-state index contributed by atoms with van der Waals surface area (Å²) in [6, 6.07) is 5.55. The molecule has 1 fully saturated rings. The number of hydrogen-bond donors (Lipinski definition) is 2. The molecule has 1 aromatic carbocycles. The number of hydrogen-bond acceptors (Lipinski definition) is 9. The average Bonchev–Trinajstić information content (AvgIpc) is 3.48. The number of nitrogens with two attached hydrogens (primary N) is 1. The first-order valence-corrected chi connectivity index (χ1v) is 13.9. The zero-order valence-electron chi connectivity index (χ0n) is 23.6. The number of nitrogens with zero attached hydrogens (tertiary/aromatic N) is 5. The second kappa shape index (κ2) is 13.9. The number of methoxy groups -OCH3 is 2. The summed E-state index contributed by atoms with van der Waals surface area (Å²) in [4.78, 5) is 31.6. The van der Waals surface area contributed by atoms with E-state index in [4.69, 9.17) is 38.4 Å². The molecule has 12 heteroatoms. The van der Waals surface area contributed by atoms with Crippen molar-refractivity contribution in [2.75, 3.05) is 27.3 Å². The van der Waals surface area contributed by atoms with Crippen LogP contribution in [0.25, 0.3) is 22.4 Å². The molecule has 0 amide bonds. The minimum atomic E-state index is -0.788. The second-order valence-corrected chi connectivity index (χ2v) is 10.2. The summed E-state index contributed by atoms with van der Waals surface area (Å²) in [6.45, 7) is 7.54. The number of carbonyl (C=O) groups is 1. The molecule has 0 unspecified atom stereocenters. The fraction of sp³-hybridized carbons (Fsp3) is 0.300. The first-order chi connectivity index (χ1) is 20.3. The van der Waals surface area contributed by atoms with Gasteiger partial charge in [0.15, 0.2) is 0 Å². The first-order valence-electron chi connectivity index (χ1n) is 13.2. The van der Waals surface area contributed by atoms with Crippen LogP contribution in [-0.4, -0.2) is 63.2 Å². The maximum absolute atomic E-state index is 11.3. The third-order valence-corrected chi connectivity index (χ3v) is 7.82. The maximum Gasteiger partial charge on any atom is 0.307 e. The molecule has 220 valence electrons. The number of carboxylic acid groups (broad SMARTS) is 1. The van der Waals surface area contributed by atoms with Crippen molar-refractivity contribution >= 4 is 40.3 Å². The Balaban J connectivity index is 1.69. The smallest absolute Gasteiger partial charge is 0.307 e. The zero-order chi connectivity index (χ0) is 30.4. The summed E-state index contributed by atoms with van der Waals surface area (Å²) in [5.41, 5.74) is 10.4. The zero-order valence-corrected chi connectivity index (χ0v) is 25.1. The molecule has 3 heterocycles. The van der Waals surface area contributed by atoms with Crippen LogP contribution in [0, 0.1) is 5.92 Å². The van der Waals surface area contributed by atoms with E-state index in [0.717, 1.165) is 0 Å². The monoisotopic (exact) mass is 610 g/mol. The van der Waals surface area contributed by atoms with Crippen LogP contribution >= 0.6 is 23.2 Å². The quantitative estimate of drug-likeness (QED) is 0.278. The number of benzene rings is 1. The van der Waals surface area contributed by atoms with Crippen molar-refractivity contribution in [3.63, 3.8) is 0 Å². The lowest BCUT2D eigenvalue weighted by molar-refractivity contribution is -0.141. The lowest BCUT2D eigenvalue weighted by atomic mass is 9.98. The Hall–Kier alpha value is -3.83. The van der Waals surface area contributed by atoms with E-state index in [0.29, 0.717) is 92.9 Å². The Labute approximate surface area is 254 Å². The minimum absolute atomic E-state index is 0.190. The molecule has 0 aliphatic carbocycles. The summed E-state index contributed by atoms with van der Waals surface area (Å²) in [6.07, 6.45) is 7.26. The Kier molecular flexibility index (Phi) is 10.3. The molecule has 3 N–H and O–H groups in total. The van der Waals surface area contributed by atoms with Gasteiger partial charge in [0.05, 0.1) is 54.0 Å². The molecule has 2 aromatic heterocycles. The van der Waals surface area contributed by atoms with E-state index in [9.17, 15) is 9.90 Å². The molecule has 1 aliphatic rings. The highest BCUT2D eigenvalue weighted by Crippen LogP contribution is 2.40. The molecular formula is C30H32Cl2N6O4. The summed E-state index contributed by atoms with van der Waals surface area (Å²) in [5, 5.41) is 10.1. The van der Waals surface area contributed by atoms with Crippen molar-refractivity contribution in [2.24, 2.45) is 11.7 Å². The topological polar surface area (TPSA) is 137 Å². The third kappa shape index (κ3) is 6.47.